The molecule has 0 amide bonds. The van der Waals surface area contributed by atoms with E-state index >= 15 is 0 Å². The molecule has 0 rings (SSSR count). The minimum atomic E-state index is 0.00323. The van der Waals surface area contributed by atoms with E-state index in [9.17, 15) is 0 Å². The molecular formula is C12H27NO4. The van der Waals surface area contributed by atoms with Gasteiger partial charge in [-0.2, -0.15) is 0 Å². The molecule has 0 aromatic carbocycles. The zero-order valence-electron chi connectivity index (χ0n) is 11.3. The molecule has 5 heteroatoms. The third kappa shape index (κ3) is 12.1. The number of ether oxygens (including phenoxy) is 3. The number of nitrogens with one attached hydrogen (secondary N) is 1. The summed E-state index contributed by atoms with van der Waals surface area (Å²) in [6, 6.07) is 0.351. The molecule has 0 aromatic heterocycles. The Balaban J connectivity index is 3.25. The van der Waals surface area contributed by atoms with Crippen LogP contribution in [0.3, 0.4) is 0 Å². The molecule has 1 unspecified atom stereocenters. The van der Waals surface area contributed by atoms with E-state index in [1.165, 1.54) is 0 Å². The van der Waals surface area contributed by atoms with Crippen molar-refractivity contribution in [3.63, 3.8) is 0 Å². The Hall–Kier alpha value is -0.200. The van der Waals surface area contributed by atoms with E-state index < -0.39 is 0 Å². The molecule has 0 aliphatic heterocycles. The molecule has 0 aromatic rings. The van der Waals surface area contributed by atoms with Crippen molar-refractivity contribution in [3.05, 3.63) is 0 Å². The fraction of sp³-hybridized carbons (Fsp3) is 1.00. The summed E-state index contributed by atoms with van der Waals surface area (Å²) in [5.74, 6) is 0. The van der Waals surface area contributed by atoms with E-state index in [-0.39, 0.29) is 12.6 Å². The fourth-order valence-electron chi connectivity index (χ4n) is 1.38. The Bertz CT molecular complexity index is 155. The maximum absolute atomic E-state index is 9.09. The highest BCUT2D eigenvalue weighted by molar-refractivity contribution is 4.66. The Morgan fingerprint density at radius 1 is 1.06 bits per heavy atom. The van der Waals surface area contributed by atoms with Crippen molar-refractivity contribution in [2.75, 3.05) is 46.8 Å². The van der Waals surface area contributed by atoms with Crippen LogP contribution < -0.4 is 5.32 Å². The summed E-state index contributed by atoms with van der Waals surface area (Å²) in [5, 5.41) is 12.3. The summed E-state index contributed by atoms with van der Waals surface area (Å²) in [6.45, 7) is 7.26. The van der Waals surface area contributed by atoms with Crippen molar-refractivity contribution < 1.29 is 19.3 Å². The number of hydrogen-bond donors (Lipinski definition) is 2. The monoisotopic (exact) mass is 249 g/mol. The number of aliphatic hydroxyl groups excluding tert-OH is 1. The Labute approximate surface area is 104 Å². The molecule has 0 radical (unpaired) electrons. The first-order valence-electron chi connectivity index (χ1n) is 6.22. The quantitative estimate of drug-likeness (QED) is 0.491. The maximum atomic E-state index is 9.09. The number of rotatable bonds is 12. The largest absolute Gasteiger partial charge is 0.395 e. The molecule has 0 saturated heterocycles. The molecule has 0 spiro atoms. The number of hydrogen-bond acceptors (Lipinski definition) is 5. The van der Waals surface area contributed by atoms with Crippen LogP contribution in [0.1, 0.15) is 20.3 Å². The minimum Gasteiger partial charge on any atom is -0.395 e. The molecular weight excluding hydrogens is 222 g/mol. The lowest BCUT2D eigenvalue weighted by atomic mass is 10.3. The van der Waals surface area contributed by atoms with E-state index in [1.54, 1.807) is 7.11 Å². The molecule has 17 heavy (non-hydrogen) atoms. The van der Waals surface area contributed by atoms with Crippen LogP contribution in [0.2, 0.25) is 0 Å². The van der Waals surface area contributed by atoms with Gasteiger partial charge in [0.15, 0.2) is 0 Å². The van der Waals surface area contributed by atoms with Gasteiger partial charge in [0.05, 0.1) is 32.5 Å². The van der Waals surface area contributed by atoms with E-state index in [2.05, 4.69) is 5.32 Å². The third-order valence-corrected chi connectivity index (χ3v) is 2.12. The first kappa shape index (κ1) is 16.8. The first-order valence-corrected chi connectivity index (χ1v) is 6.22. The summed E-state index contributed by atoms with van der Waals surface area (Å²) in [6.07, 6.45) is 0.907. The van der Waals surface area contributed by atoms with Gasteiger partial charge in [-0.15, -0.1) is 0 Å². The summed E-state index contributed by atoms with van der Waals surface area (Å²) < 4.78 is 15.7. The van der Waals surface area contributed by atoms with Gasteiger partial charge in [0.1, 0.15) is 0 Å². The average Bonchev–Trinajstić information content (AvgIpc) is 2.30. The normalized spacial score (nSPS) is 13.2. The SMILES string of the molecule is COCCCOCCOCC(CO)NC(C)C. The highest BCUT2D eigenvalue weighted by Gasteiger charge is 2.07. The van der Waals surface area contributed by atoms with E-state index in [4.69, 9.17) is 19.3 Å². The van der Waals surface area contributed by atoms with Crippen molar-refractivity contribution >= 4 is 0 Å². The highest BCUT2D eigenvalue weighted by atomic mass is 16.5. The van der Waals surface area contributed by atoms with Gasteiger partial charge in [-0.05, 0) is 6.42 Å². The maximum Gasteiger partial charge on any atom is 0.0701 e. The van der Waals surface area contributed by atoms with Gasteiger partial charge in [0.25, 0.3) is 0 Å². The molecule has 5 nitrogen and oxygen atoms in total. The predicted octanol–water partition coefficient (Wildman–Crippen LogP) is 0.415. The molecule has 2 N–H and O–H groups in total. The standard InChI is InChI=1S/C12H27NO4/c1-11(2)13-12(9-14)10-17-8-7-16-6-4-5-15-3/h11-14H,4-10H2,1-3H3. The zero-order chi connectivity index (χ0) is 12.9. The average molecular weight is 249 g/mol. The van der Waals surface area contributed by atoms with Gasteiger partial charge in [0, 0.05) is 26.4 Å². The van der Waals surface area contributed by atoms with Crippen LogP contribution in [0, 0.1) is 0 Å². The van der Waals surface area contributed by atoms with Crippen LogP contribution >= 0.6 is 0 Å². The molecule has 104 valence electrons. The van der Waals surface area contributed by atoms with Crippen LogP contribution in [-0.2, 0) is 14.2 Å². The lowest BCUT2D eigenvalue weighted by Crippen LogP contribution is -2.41. The van der Waals surface area contributed by atoms with Crippen LogP contribution in [0.4, 0.5) is 0 Å². The second-order valence-electron chi connectivity index (χ2n) is 4.23. The second-order valence-corrected chi connectivity index (χ2v) is 4.23. The van der Waals surface area contributed by atoms with Gasteiger partial charge in [0.2, 0.25) is 0 Å². The molecule has 0 saturated carbocycles. The Morgan fingerprint density at radius 3 is 2.35 bits per heavy atom. The van der Waals surface area contributed by atoms with Crippen LogP contribution in [0.25, 0.3) is 0 Å². The van der Waals surface area contributed by atoms with Crippen LogP contribution in [0.5, 0.6) is 0 Å². The van der Waals surface area contributed by atoms with Gasteiger partial charge in [-0.25, -0.2) is 0 Å². The predicted molar refractivity (Wildman–Crippen MR) is 67.3 cm³/mol. The van der Waals surface area contributed by atoms with E-state index in [1.807, 2.05) is 13.8 Å². The molecule has 0 fully saturated rings. The number of aliphatic hydroxyl groups is 1. The van der Waals surface area contributed by atoms with E-state index in [0.717, 1.165) is 13.0 Å². The van der Waals surface area contributed by atoms with Crippen molar-refractivity contribution in [1.29, 1.82) is 0 Å². The summed E-state index contributed by atoms with van der Waals surface area (Å²) in [4.78, 5) is 0. The fourth-order valence-corrected chi connectivity index (χ4v) is 1.38. The minimum absolute atomic E-state index is 0.00323. The smallest absolute Gasteiger partial charge is 0.0701 e. The van der Waals surface area contributed by atoms with Gasteiger partial charge < -0.3 is 24.6 Å². The van der Waals surface area contributed by atoms with Crippen LogP contribution in [-0.4, -0.2) is 63.9 Å². The lowest BCUT2D eigenvalue weighted by molar-refractivity contribution is 0.0254. The molecule has 0 aliphatic carbocycles. The zero-order valence-corrected chi connectivity index (χ0v) is 11.3. The second kappa shape index (κ2) is 12.3. The Kier molecular flexibility index (Phi) is 12.1. The van der Waals surface area contributed by atoms with Crippen molar-refractivity contribution in [3.8, 4) is 0 Å². The van der Waals surface area contributed by atoms with Crippen molar-refractivity contribution in [1.82, 2.24) is 5.32 Å². The van der Waals surface area contributed by atoms with Gasteiger partial charge >= 0.3 is 0 Å². The first-order chi connectivity index (χ1) is 8.20. The molecule has 1 atom stereocenters. The third-order valence-electron chi connectivity index (χ3n) is 2.12. The van der Waals surface area contributed by atoms with Crippen molar-refractivity contribution in [2.45, 2.75) is 32.4 Å². The van der Waals surface area contributed by atoms with Crippen molar-refractivity contribution in [2.24, 2.45) is 0 Å². The summed E-state index contributed by atoms with van der Waals surface area (Å²) in [7, 11) is 1.68. The summed E-state index contributed by atoms with van der Waals surface area (Å²) >= 11 is 0. The van der Waals surface area contributed by atoms with Gasteiger partial charge in [-0.1, -0.05) is 13.8 Å². The highest BCUT2D eigenvalue weighted by Crippen LogP contribution is 1.90. The van der Waals surface area contributed by atoms with Crippen LogP contribution in [0.15, 0.2) is 0 Å². The summed E-state index contributed by atoms with van der Waals surface area (Å²) in [5.41, 5.74) is 0. The van der Waals surface area contributed by atoms with E-state index in [0.29, 0.717) is 32.5 Å². The van der Waals surface area contributed by atoms with Gasteiger partial charge in [-0.3, -0.25) is 0 Å². The topological polar surface area (TPSA) is 60.0 Å². The lowest BCUT2D eigenvalue weighted by Gasteiger charge is -2.18. The molecule has 0 aliphatic rings. The molecule has 0 bridgehead atoms. The number of methoxy groups -OCH3 is 1. The Morgan fingerprint density at radius 2 is 1.76 bits per heavy atom. The molecule has 0 heterocycles.